The SMILES string of the molecule is CC(C)Oc1cccc(Cn2nnn(-c3ccccc3)c2=O)c1. The highest BCUT2D eigenvalue weighted by Crippen LogP contribution is 2.15. The molecule has 0 atom stereocenters. The highest BCUT2D eigenvalue weighted by molar-refractivity contribution is 5.30. The van der Waals surface area contributed by atoms with Crippen molar-refractivity contribution in [2.75, 3.05) is 0 Å². The van der Waals surface area contributed by atoms with Crippen molar-refractivity contribution in [2.24, 2.45) is 0 Å². The van der Waals surface area contributed by atoms with E-state index in [4.69, 9.17) is 4.74 Å². The van der Waals surface area contributed by atoms with Crippen LogP contribution in [-0.4, -0.2) is 25.9 Å². The molecule has 6 heteroatoms. The first-order valence-electron chi connectivity index (χ1n) is 7.47. The number of hydrogen-bond donors (Lipinski definition) is 0. The topological polar surface area (TPSA) is 61.9 Å². The minimum Gasteiger partial charge on any atom is -0.491 e. The van der Waals surface area contributed by atoms with E-state index < -0.39 is 0 Å². The van der Waals surface area contributed by atoms with Crippen LogP contribution < -0.4 is 10.4 Å². The molecule has 0 fully saturated rings. The lowest BCUT2D eigenvalue weighted by atomic mass is 10.2. The second-order valence-corrected chi connectivity index (χ2v) is 5.48. The predicted octanol–water partition coefficient (Wildman–Crippen LogP) is 2.26. The fraction of sp³-hybridized carbons (Fsp3) is 0.235. The number of hydrogen-bond acceptors (Lipinski definition) is 4. The molecule has 6 nitrogen and oxygen atoms in total. The molecular formula is C17H18N4O2. The zero-order chi connectivity index (χ0) is 16.2. The summed E-state index contributed by atoms with van der Waals surface area (Å²) in [6, 6.07) is 16.9. The van der Waals surface area contributed by atoms with Crippen molar-refractivity contribution in [1.82, 2.24) is 19.8 Å². The summed E-state index contributed by atoms with van der Waals surface area (Å²) in [5.41, 5.74) is 1.36. The van der Waals surface area contributed by atoms with Crippen molar-refractivity contribution in [3.8, 4) is 11.4 Å². The second kappa shape index (κ2) is 6.48. The van der Waals surface area contributed by atoms with Crippen LogP contribution in [0.5, 0.6) is 5.75 Å². The van der Waals surface area contributed by atoms with Crippen LogP contribution in [0.1, 0.15) is 19.4 Å². The van der Waals surface area contributed by atoms with Crippen molar-refractivity contribution >= 4 is 0 Å². The molecule has 0 unspecified atom stereocenters. The molecule has 0 aliphatic rings. The number of ether oxygens (including phenoxy) is 1. The van der Waals surface area contributed by atoms with E-state index in [1.54, 1.807) is 0 Å². The molecule has 3 rings (SSSR count). The van der Waals surface area contributed by atoms with E-state index in [-0.39, 0.29) is 11.8 Å². The third-order valence-corrected chi connectivity index (χ3v) is 3.24. The highest BCUT2D eigenvalue weighted by Gasteiger charge is 2.09. The van der Waals surface area contributed by atoms with E-state index in [2.05, 4.69) is 10.4 Å². The van der Waals surface area contributed by atoms with Gasteiger partial charge in [0, 0.05) is 0 Å². The molecule has 0 amide bonds. The lowest BCUT2D eigenvalue weighted by Gasteiger charge is -2.10. The van der Waals surface area contributed by atoms with Crippen molar-refractivity contribution in [1.29, 1.82) is 0 Å². The van der Waals surface area contributed by atoms with Crippen LogP contribution in [0.3, 0.4) is 0 Å². The number of benzene rings is 2. The first kappa shape index (κ1) is 15.0. The fourth-order valence-corrected chi connectivity index (χ4v) is 2.27. The Balaban J connectivity index is 1.84. The zero-order valence-electron chi connectivity index (χ0n) is 13.1. The minimum atomic E-state index is -0.272. The molecule has 0 saturated carbocycles. The highest BCUT2D eigenvalue weighted by atomic mass is 16.5. The van der Waals surface area contributed by atoms with Gasteiger partial charge >= 0.3 is 5.69 Å². The summed E-state index contributed by atoms with van der Waals surface area (Å²) < 4.78 is 8.29. The Hall–Kier alpha value is -2.89. The van der Waals surface area contributed by atoms with Gasteiger partial charge in [-0.3, -0.25) is 0 Å². The molecule has 0 bridgehead atoms. The monoisotopic (exact) mass is 310 g/mol. The van der Waals surface area contributed by atoms with E-state index in [1.165, 1.54) is 9.36 Å². The Morgan fingerprint density at radius 3 is 2.57 bits per heavy atom. The van der Waals surface area contributed by atoms with Crippen molar-refractivity contribution in [2.45, 2.75) is 26.5 Å². The van der Waals surface area contributed by atoms with Crippen LogP contribution in [0.4, 0.5) is 0 Å². The molecule has 2 aromatic carbocycles. The molecule has 0 radical (unpaired) electrons. The Morgan fingerprint density at radius 1 is 1.04 bits per heavy atom. The first-order valence-corrected chi connectivity index (χ1v) is 7.47. The van der Waals surface area contributed by atoms with Gasteiger partial charge in [-0.2, -0.15) is 9.36 Å². The fourth-order valence-electron chi connectivity index (χ4n) is 2.27. The summed E-state index contributed by atoms with van der Waals surface area (Å²) in [7, 11) is 0. The molecule has 23 heavy (non-hydrogen) atoms. The Morgan fingerprint density at radius 2 is 1.83 bits per heavy atom. The molecule has 0 saturated heterocycles. The van der Waals surface area contributed by atoms with Gasteiger partial charge < -0.3 is 4.74 Å². The lowest BCUT2D eigenvalue weighted by Crippen LogP contribution is -2.24. The van der Waals surface area contributed by atoms with Crippen LogP contribution in [0.25, 0.3) is 5.69 Å². The van der Waals surface area contributed by atoms with E-state index in [0.29, 0.717) is 12.2 Å². The number of aromatic nitrogens is 4. The largest absolute Gasteiger partial charge is 0.491 e. The summed E-state index contributed by atoms with van der Waals surface area (Å²) in [5, 5.41) is 7.89. The third-order valence-electron chi connectivity index (χ3n) is 3.24. The smallest absolute Gasteiger partial charge is 0.368 e. The lowest BCUT2D eigenvalue weighted by molar-refractivity contribution is 0.242. The number of rotatable bonds is 5. The zero-order valence-corrected chi connectivity index (χ0v) is 13.1. The van der Waals surface area contributed by atoms with Crippen molar-refractivity contribution in [3.63, 3.8) is 0 Å². The standard InChI is InChI=1S/C17H18N4O2/c1-13(2)23-16-10-6-7-14(11-16)12-20-17(22)21(19-18-20)15-8-4-3-5-9-15/h3-11,13H,12H2,1-2H3. The Bertz CT molecular complexity index is 837. The quantitative estimate of drug-likeness (QED) is 0.725. The summed E-state index contributed by atoms with van der Waals surface area (Å²) in [5.74, 6) is 0.779. The Kier molecular flexibility index (Phi) is 4.23. The molecular weight excluding hydrogens is 292 g/mol. The molecule has 1 aromatic heterocycles. The maximum Gasteiger partial charge on any atom is 0.368 e. The maximum absolute atomic E-state index is 12.4. The van der Waals surface area contributed by atoms with Gasteiger partial charge in [0.1, 0.15) is 5.75 Å². The van der Waals surface area contributed by atoms with Gasteiger partial charge in [-0.15, -0.1) is 0 Å². The van der Waals surface area contributed by atoms with E-state index >= 15 is 0 Å². The second-order valence-electron chi connectivity index (χ2n) is 5.48. The van der Waals surface area contributed by atoms with Crippen LogP contribution >= 0.6 is 0 Å². The average molecular weight is 310 g/mol. The van der Waals surface area contributed by atoms with Gasteiger partial charge in [-0.05, 0) is 54.1 Å². The summed E-state index contributed by atoms with van der Waals surface area (Å²) in [6.45, 7) is 4.30. The maximum atomic E-state index is 12.4. The summed E-state index contributed by atoms with van der Waals surface area (Å²) >= 11 is 0. The van der Waals surface area contributed by atoms with Crippen molar-refractivity contribution in [3.05, 3.63) is 70.6 Å². The van der Waals surface area contributed by atoms with Gasteiger partial charge in [-0.25, -0.2) is 4.79 Å². The third kappa shape index (κ3) is 3.48. The van der Waals surface area contributed by atoms with Gasteiger partial charge in [0.05, 0.1) is 18.3 Å². The molecule has 3 aromatic rings. The van der Waals surface area contributed by atoms with Crippen LogP contribution in [-0.2, 0) is 6.54 Å². The van der Waals surface area contributed by atoms with Crippen LogP contribution in [0.2, 0.25) is 0 Å². The van der Waals surface area contributed by atoms with Gasteiger partial charge in [-0.1, -0.05) is 30.3 Å². The Labute approximate surface area is 133 Å². The minimum absolute atomic E-state index is 0.104. The molecule has 1 heterocycles. The van der Waals surface area contributed by atoms with E-state index in [9.17, 15) is 4.79 Å². The average Bonchev–Trinajstić information content (AvgIpc) is 2.89. The van der Waals surface area contributed by atoms with Gasteiger partial charge in [0.15, 0.2) is 0 Å². The molecule has 0 aliphatic carbocycles. The molecule has 0 spiro atoms. The summed E-state index contributed by atoms with van der Waals surface area (Å²) in [6.07, 6.45) is 0.104. The number of tetrazole rings is 1. The molecule has 118 valence electrons. The first-order chi connectivity index (χ1) is 11.1. The number of para-hydroxylation sites is 1. The van der Waals surface area contributed by atoms with E-state index in [0.717, 1.165) is 11.3 Å². The van der Waals surface area contributed by atoms with Crippen LogP contribution in [0, 0.1) is 0 Å². The predicted molar refractivity (Wildman–Crippen MR) is 86.9 cm³/mol. The molecule has 0 aliphatic heterocycles. The molecule has 0 N–H and O–H groups in total. The van der Waals surface area contributed by atoms with Crippen molar-refractivity contribution < 1.29 is 4.74 Å². The number of nitrogens with zero attached hydrogens (tertiary/aromatic N) is 4. The van der Waals surface area contributed by atoms with Gasteiger partial charge in [0.2, 0.25) is 0 Å². The summed E-state index contributed by atoms with van der Waals surface area (Å²) in [4.78, 5) is 12.4. The normalized spacial score (nSPS) is 10.9. The van der Waals surface area contributed by atoms with E-state index in [1.807, 2.05) is 68.4 Å². The van der Waals surface area contributed by atoms with Crippen LogP contribution in [0.15, 0.2) is 59.4 Å². The van der Waals surface area contributed by atoms with Gasteiger partial charge in [0.25, 0.3) is 0 Å².